The van der Waals surface area contributed by atoms with Gasteiger partial charge in [0.1, 0.15) is 11.3 Å². The molecule has 1 aromatic carbocycles. The molecule has 1 aliphatic rings. The molecule has 1 heterocycles. The average molecular weight is 529 g/mol. The Morgan fingerprint density at radius 3 is 2.46 bits per heavy atom. The van der Waals surface area contributed by atoms with Crippen LogP contribution in [0.2, 0.25) is 18.1 Å². The van der Waals surface area contributed by atoms with E-state index < -0.39 is 42.8 Å². The van der Waals surface area contributed by atoms with E-state index in [4.69, 9.17) is 8.92 Å². The molecule has 1 N–H and O–H groups in total. The Kier molecular flexibility index (Phi) is 9.65. The fraction of sp³-hybridized carbons (Fsp3) is 0.708. The molecule has 11 heteroatoms. The number of hydrogen-bond donors (Lipinski definition) is 1. The minimum absolute atomic E-state index is 0.0320. The van der Waals surface area contributed by atoms with Crippen LogP contribution in [0.3, 0.4) is 0 Å². The Morgan fingerprint density at radius 1 is 1.26 bits per heavy atom. The fourth-order valence-electron chi connectivity index (χ4n) is 4.43. The van der Waals surface area contributed by atoms with Gasteiger partial charge in [-0.3, -0.25) is 4.18 Å². The summed E-state index contributed by atoms with van der Waals surface area (Å²) in [6, 6.07) is 4.60. The molecule has 1 aliphatic heterocycles. The van der Waals surface area contributed by atoms with E-state index in [1.807, 2.05) is 13.8 Å². The lowest BCUT2D eigenvalue weighted by atomic mass is 9.87. The molecule has 1 saturated heterocycles. The molecule has 3 atom stereocenters. The van der Waals surface area contributed by atoms with E-state index in [1.54, 1.807) is 0 Å². The number of benzene rings is 1. The van der Waals surface area contributed by atoms with E-state index in [0.29, 0.717) is 12.3 Å². The van der Waals surface area contributed by atoms with E-state index in [2.05, 4.69) is 39.0 Å². The monoisotopic (exact) mass is 528 g/mol. The first-order valence-corrected chi connectivity index (χ1v) is 16.4. The molecule has 0 aromatic heterocycles. The van der Waals surface area contributed by atoms with Gasteiger partial charge in [-0.05, 0) is 67.4 Å². The topological polar surface area (TPSA) is 123 Å². The summed E-state index contributed by atoms with van der Waals surface area (Å²) in [5, 5.41) is 12.8. The SMILES string of the molecule is CC(C)C(C)(CCC(C)(C)OC(=O)N1CC(OS(=O)(=O)c2cccc(N=O)c2)CC1CO)[SiH](C)C. The lowest BCUT2D eigenvalue weighted by molar-refractivity contribution is -0.00181. The number of amides is 1. The second kappa shape index (κ2) is 11.5. The molecular formula is C24H40N2O7SSi. The highest BCUT2D eigenvalue weighted by molar-refractivity contribution is 7.86. The molecule has 1 fully saturated rings. The number of rotatable bonds is 11. The minimum Gasteiger partial charge on any atom is -0.443 e. The standard InChI is InChI=1S/C24H40N2O7SSi/c1-17(2)24(5,35(6)7)12-11-23(3,4)32-22(28)26-15-20(14-19(26)16-27)33-34(30,31)21-10-8-9-18(13-21)25-29/h8-10,13,17,19-20,27,35H,11-12,14-16H2,1-7H3. The second-order valence-electron chi connectivity index (χ2n) is 10.9. The number of aliphatic hydroxyl groups excluding tert-OH is 1. The van der Waals surface area contributed by atoms with Crippen molar-refractivity contribution in [3.05, 3.63) is 29.2 Å². The Bertz CT molecular complexity index is 989. The Hall–Kier alpha value is -1.82. The van der Waals surface area contributed by atoms with Crippen molar-refractivity contribution in [2.24, 2.45) is 11.1 Å². The lowest BCUT2D eigenvalue weighted by Crippen LogP contribution is -2.43. The Balaban J connectivity index is 2.06. The third kappa shape index (κ3) is 7.34. The van der Waals surface area contributed by atoms with Crippen molar-refractivity contribution in [1.29, 1.82) is 0 Å². The first kappa shape index (κ1) is 29.4. The highest BCUT2D eigenvalue weighted by Gasteiger charge is 2.41. The van der Waals surface area contributed by atoms with Crippen LogP contribution in [0.5, 0.6) is 0 Å². The number of carbonyl (C=O) groups excluding carboxylic acids is 1. The molecule has 35 heavy (non-hydrogen) atoms. The van der Waals surface area contributed by atoms with Gasteiger partial charge < -0.3 is 14.7 Å². The summed E-state index contributed by atoms with van der Waals surface area (Å²) < 4.78 is 36.6. The zero-order chi connectivity index (χ0) is 26.6. The van der Waals surface area contributed by atoms with Gasteiger partial charge in [0.2, 0.25) is 0 Å². The predicted molar refractivity (Wildman–Crippen MR) is 138 cm³/mol. The van der Waals surface area contributed by atoms with E-state index >= 15 is 0 Å². The molecule has 198 valence electrons. The van der Waals surface area contributed by atoms with E-state index in [1.165, 1.54) is 23.1 Å². The van der Waals surface area contributed by atoms with Crippen LogP contribution in [0.1, 0.15) is 53.9 Å². The van der Waals surface area contributed by atoms with Crippen molar-refractivity contribution in [1.82, 2.24) is 4.90 Å². The highest BCUT2D eigenvalue weighted by atomic mass is 32.2. The summed E-state index contributed by atoms with van der Waals surface area (Å²) in [5.41, 5.74) is -0.750. The summed E-state index contributed by atoms with van der Waals surface area (Å²) in [6.07, 6.45) is 0.332. The maximum atomic E-state index is 13.0. The van der Waals surface area contributed by atoms with Gasteiger partial charge in [0.25, 0.3) is 10.1 Å². The Morgan fingerprint density at radius 2 is 1.91 bits per heavy atom. The average Bonchev–Trinajstić information content (AvgIpc) is 3.19. The van der Waals surface area contributed by atoms with Gasteiger partial charge in [-0.1, -0.05) is 39.9 Å². The molecule has 2 rings (SSSR count). The zero-order valence-corrected chi connectivity index (χ0v) is 23.8. The third-order valence-electron chi connectivity index (χ3n) is 7.56. The molecule has 0 saturated carbocycles. The van der Waals surface area contributed by atoms with Gasteiger partial charge >= 0.3 is 6.09 Å². The molecule has 3 unspecified atom stereocenters. The maximum Gasteiger partial charge on any atom is 0.410 e. The van der Waals surface area contributed by atoms with Crippen molar-refractivity contribution in [3.8, 4) is 0 Å². The molecule has 1 amide bonds. The van der Waals surface area contributed by atoms with Crippen LogP contribution in [-0.4, -0.2) is 64.2 Å². The quantitative estimate of drug-likeness (QED) is 0.248. The number of carbonyl (C=O) groups is 1. The number of aliphatic hydroxyl groups is 1. The van der Waals surface area contributed by atoms with Gasteiger partial charge in [0.15, 0.2) is 0 Å². The molecular weight excluding hydrogens is 488 g/mol. The number of nitrogens with zero attached hydrogens (tertiary/aromatic N) is 2. The molecule has 0 spiro atoms. The van der Waals surface area contributed by atoms with Crippen LogP contribution >= 0.6 is 0 Å². The minimum atomic E-state index is -4.19. The first-order valence-electron chi connectivity index (χ1n) is 12.1. The van der Waals surface area contributed by atoms with Gasteiger partial charge in [-0.2, -0.15) is 8.42 Å². The van der Waals surface area contributed by atoms with Gasteiger partial charge in [-0.15, -0.1) is 4.91 Å². The smallest absolute Gasteiger partial charge is 0.410 e. The molecule has 0 bridgehead atoms. The van der Waals surface area contributed by atoms with Crippen LogP contribution in [0.4, 0.5) is 10.5 Å². The number of ether oxygens (including phenoxy) is 1. The van der Waals surface area contributed by atoms with Crippen LogP contribution in [0, 0.1) is 10.8 Å². The largest absolute Gasteiger partial charge is 0.443 e. The van der Waals surface area contributed by atoms with E-state index in [0.717, 1.165) is 12.5 Å². The van der Waals surface area contributed by atoms with E-state index in [9.17, 15) is 23.2 Å². The number of likely N-dealkylation sites (tertiary alicyclic amines) is 1. The number of hydrogen-bond acceptors (Lipinski definition) is 8. The molecule has 9 nitrogen and oxygen atoms in total. The molecule has 0 aliphatic carbocycles. The third-order valence-corrected chi connectivity index (χ3v) is 12.5. The highest BCUT2D eigenvalue weighted by Crippen LogP contribution is 2.44. The summed E-state index contributed by atoms with van der Waals surface area (Å²) >= 11 is 0. The van der Waals surface area contributed by atoms with E-state index in [-0.39, 0.29) is 35.2 Å². The summed E-state index contributed by atoms with van der Waals surface area (Å²) in [5.74, 6) is 0.529. The Labute approximate surface area is 210 Å². The fourth-order valence-corrected chi connectivity index (χ4v) is 7.61. The summed E-state index contributed by atoms with van der Waals surface area (Å²) in [7, 11) is -5.15. The second-order valence-corrected chi connectivity index (χ2v) is 16.1. The van der Waals surface area contributed by atoms with Gasteiger partial charge in [0, 0.05) is 8.80 Å². The molecule has 0 radical (unpaired) electrons. The zero-order valence-electron chi connectivity index (χ0n) is 21.9. The van der Waals surface area contributed by atoms with Crippen LogP contribution < -0.4 is 0 Å². The van der Waals surface area contributed by atoms with Crippen LogP contribution in [0.25, 0.3) is 0 Å². The van der Waals surface area contributed by atoms with Crippen molar-refractivity contribution >= 4 is 30.7 Å². The predicted octanol–water partition coefficient (Wildman–Crippen LogP) is 4.82. The lowest BCUT2D eigenvalue weighted by Gasteiger charge is -2.40. The summed E-state index contributed by atoms with van der Waals surface area (Å²) in [4.78, 5) is 24.9. The number of nitroso groups, excluding NO2 is 1. The van der Waals surface area contributed by atoms with Gasteiger partial charge in [0.05, 0.1) is 30.2 Å². The van der Waals surface area contributed by atoms with Gasteiger partial charge in [-0.25, -0.2) is 4.79 Å². The maximum absolute atomic E-state index is 13.0. The first-order chi connectivity index (χ1) is 16.1. The molecule has 1 aromatic rings. The van der Waals surface area contributed by atoms with Crippen molar-refractivity contribution in [3.63, 3.8) is 0 Å². The van der Waals surface area contributed by atoms with Crippen molar-refractivity contribution in [2.75, 3.05) is 13.2 Å². The summed E-state index contributed by atoms with van der Waals surface area (Å²) in [6.45, 7) is 14.9. The van der Waals surface area contributed by atoms with Crippen molar-refractivity contribution < 1.29 is 27.2 Å². The normalized spacial score (nSPS) is 20.8. The van der Waals surface area contributed by atoms with Crippen molar-refractivity contribution in [2.45, 2.75) is 94.7 Å². The van der Waals surface area contributed by atoms with Crippen LogP contribution in [-0.2, 0) is 19.0 Å². The van der Waals surface area contributed by atoms with Crippen LogP contribution in [0.15, 0.2) is 34.3 Å².